The Kier molecular flexibility index (Phi) is 2.85. The average Bonchev–Trinajstić information content (AvgIpc) is 2.82. The average molecular weight is 228 g/mol. The quantitative estimate of drug-likeness (QED) is 0.829. The summed E-state index contributed by atoms with van der Waals surface area (Å²) in [4.78, 5) is 8.21. The van der Waals surface area contributed by atoms with Crippen molar-refractivity contribution in [3.05, 3.63) is 36.0 Å². The fourth-order valence-electron chi connectivity index (χ4n) is 2.51. The number of nitrogens with zero attached hydrogens (tertiary/aromatic N) is 1. The zero-order chi connectivity index (χ0) is 11.7. The highest BCUT2D eigenvalue weighted by Crippen LogP contribution is 2.25. The predicted molar refractivity (Wildman–Crippen MR) is 70.0 cm³/mol. The topological polar surface area (TPSA) is 40.7 Å². The van der Waals surface area contributed by atoms with Gasteiger partial charge in [-0.05, 0) is 50.0 Å². The standard InChI is InChI=1S/C14H18N3/c1-2-10-3-4-12-13(9-10)17-14(16-12)11-5-7-15-8-6-11/h2-4,9,11,15H,5-8H2,1H3,(H,16,17). The lowest BCUT2D eigenvalue weighted by Gasteiger charge is -2.20. The van der Waals surface area contributed by atoms with Crippen molar-refractivity contribution in [2.45, 2.75) is 25.7 Å². The monoisotopic (exact) mass is 228 g/mol. The van der Waals surface area contributed by atoms with Gasteiger partial charge in [0.2, 0.25) is 0 Å². The van der Waals surface area contributed by atoms with Crippen LogP contribution in [0.2, 0.25) is 0 Å². The Morgan fingerprint density at radius 3 is 2.88 bits per heavy atom. The number of hydrogen-bond donors (Lipinski definition) is 2. The third-order valence-corrected chi connectivity index (χ3v) is 3.58. The van der Waals surface area contributed by atoms with Crippen LogP contribution in [0.15, 0.2) is 18.2 Å². The number of H-pyrrole nitrogens is 1. The van der Waals surface area contributed by atoms with Gasteiger partial charge in [-0.3, -0.25) is 0 Å². The lowest BCUT2D eigenvalue weighted by atomic mass is 9.98. The van der Waals surface area contributed by atoms with Crippen molar-refractivity contribution >= 4 is 11.0 Å². The molecule has 3 heteroatoms. The van der Waals surface area contributed by atoms with Gasteiger partial charge in [0, 0.05) is 5.92 Å². The molecule has 0 amide bonds. The van der Waals surface area contributed by atoms with E-state index in [1.807, 2.05) is 0 Å². The summed E-state index contributed by atoms with van der Waals surface area (Å²) in [5.74, 6) is 1.76. The van der Waals surface area contributed by atoms with Gasteiger partial charge in [0.15, 0.2) is 0 Å². The minimum absolute atomic E-state index is 0.595. The first-order valence-corrected chi connectivity index (χ1v) is 6.36. The first-order valence-electron chi connectivity index (χ1n) is 6.36. The molecule has 2 N–H and O–H groups in total. The molecule has 17 heavy (non-hydrogen) atoms. The molecule has 3 rings (SSSR count). The number of imidazole rings is 1. The van der Waals surface area contributed by atoms with Crippen molar-refractivity contribution in [1.29, 1.82) is 0 Å². The first kappa shape index (κ1) is 10.8. The Balaban J connectivity index is 1.95. The van der Waals surface area contributed by atoms with E-state index in [1.54, 1.807) is 0 Å². The Morgan fingerprint density at radius 2 is 2.12 bits per heavy atom. The van der Waals surface area contributed by atoms with Gasteiger partial charge in [-0.25, -0.2) is 4.98 Å². The van der Waals surface area contributed by atoms with Crippen LogP contribution in [-0.2, 0) is 0 Å². The fraction of sp³-hybridized carbons (Fsp3) is 0.429. The van der Waals surface area contributed by atoms with Crippen molar-refractivity contribution in [3.63, 3.8) is 0 Å². The molecule has 1 radical (unpaired) electrons. The summed E-state index contributed by atoms with van der Waals surface area (Å²) >= 11 is 0. The number of benzene rings is 1. The van der Waals surface area contributed by atoms with Crippen molar-refractivity contribution < 1.29 is 0 Å². The highest BCUT2D eigenvalue weighted by Gasteiger charge is 2.18. The molecule has 0 unspecified atom stereocenters. The summed E-state index contributed by atoms with van der Waals surface area (Å²) in [6.45, 7) is 4.27. The number of fused-ring (bicyclic) bond motifs is 1. The van der Waals surface area contributed by atoms with Gasteiger partial charge in [-0.2, -0.15) is 0 Å². The van der Waals surface area contributed by atoms with Crippen molar-refractivity contribution in [2.75, 3.05) is 13.1 Å². The zero-order valence-corrected chi connectivity index (χ0v) is 10.2. The molecule has 1 aliphatic rings. The van der Waals surface area contributed by atoms with Crippen LogP contribution in [0.4, 0.5) is 0 Å². The molecule has 1 aromatic carbocycles. The van der Waals surface area contributed by atoms with Crippen LogP contribution in [0, 0.1) is 6.42 Å². The summed E-state index contributed by atoms with van der Waals surface area (Å²) in [6, 6.07) is 6.41. The van der Waals surface area contributed by atoms with Crippen molar-refractivity contribution in [3.8, 4) is 0 Å². The number of rotatable bonds is 2. The van der Waals surface area contributed by atoms with E-state index >= 15 is 0 Å². The number of piperidine rings is 1. The number of aromatic amines is 1. The van der Waals surface area contributed by atoms with Gasteiger partial charge in [0.1, 0.15) is 5.82 Å². The van der Waals surface area contributed by atoms with Gasteiger partial charge in [0.05, 0.1) is 11.0 Å². The van der Waals surface area contributed by atoms with Crippen LogP contribution in [0.1, 0.15) is 37.1 Å². The van der Waals surface area contributed by atoms with Gasteiger partial charge >= 0.3 is 0 Å². The van der Waals surface area contributed by atoms with Gasteiger partial charge in [-0.1, -0.05) is 13.0 Å². The number of nitrogens with one attached hydrogen (secondary N) is 2. The van der Waals surface area contributed by atoms with E-state index in [2.05, 4.69) is 41.8 Å². The van der Waals surface area contributed by atoms with E-state index in [9.17, 15) is 0 Å². The highest BCUT2D eigenvalue weighted by atomic mass is 14.9. The van der Waals surface area contributed by atoms with Gasteiger partial charge < -0.3 is 10.3 Å². The zero-order valence-electron chi connectivity index (χ0n) is 10.2. The van der Waals surface area contributed by atoms with E-state index in [-0.39, 0.29) is 0 Å². The number of aromatic nitrogens is 2. The molecule has 2 heterocycles. The summed E-state index contributed by atoms with van der Waals surface area (Å²) in [5.41, 5.74) is 3.49. The molecular weight excluding hydrogens is 210 g/mol. The molecule has 0 bridgehead atoms. The second kappa shape index (κ2) is 4.49. The van der Waals surface area contributed by atoms with Crippen molar-refractivity contribution in [1.82, 2.24) is 15.3 Å². The van der Waals surface area contributed by atoms with Crippen LogP contribution < -0.4 is 5.32 Å². The predicted octanol–water partition coefficient (Wildman–Crippen LogP) is 2.60. The van der Waals surface area contributed by atoms with Crippen LogP contribution >= 0.6 is 0 Å². The Labute approximate surface area is 102 Å². The first-order chi connectivity index (χ1) is 8.36. The normalized spacial score (nSPS) is 17.7. The minimum Gasteiger partial charge on any atom is -0.342 e. The lowest BCUT2D eigenvalue weighted by molar-refractivity contribution is 0.448. The summed E-state index contributed by atoms with van der Waals surface area (Å²) < 4.78 is 0. The molecule has 1 aromatic heterocycles. The Bertz CT molecular complexity index is 509. The maximum absolute atomic E-state index is 4.74. The molecular formula is C14H18N3. The Hall–Kier alpha value is -1.35. The molecule has 3 nitrogen and oxygen atoms in total. The largest absolute Gasteiger partial charge is 0.342 e. The molecule has 0 spiro atoms. The van der Waals surface area contributed by atoms with E-state index in [4.69, 9.17) is 4.98 Å². The molecule has 1 saturated heterocycles. The summed E-state index contributed by atoms with van der Waals surface area (Å²) in [7, 11) is 0. The molecule has 2 aromatic rings. The second-order valence-electron chi connectivity index (χ2n) is 4.71. The number of hydrogen-bond acceptors (Lipinski definition) is 2. The Morgan fingerprint density at radius 1 is 1.29 bits per heavy atom. The second-order valence-corrected chi connectivity index (χ2v) is 4.71. The molecule has 89 valence electrons. The van der Waals surface area contributed by atoms with E-state index in [0.717, 1.165) is 29.9 Å². The molecule has 1 fully saturated rings. The minimum atomic E-state index is 0.595. The highest BCUT2D eigenvalue weighted by molar-refractivity contribution is 5.76. The summed E-state index contributed by atoms with van der Waals surface area (Å²) in [5, 5.41) is 3.39. The molecule has 1 aliphatic heterocycles. The molecule has 0 atom stereocenters. The van der Waals surface area contributed by atoms with E-state index < -0.39 is 0 Å². The maximum Gasteiger partial charge on any atom is 0.110 e. The van der Waals surface area contributed by atoms with Gasteiger partial charge in [0.25, 0.3) is 0 Å². The van der Waals surface area contributed by atoms with Gasteiger partial charge in [-0.15, -0.1) is 0 Å². The molecule has 0 aliphatic carbocycles. The lowest BCUT2D eigenvalue weighted by Crippen LogP contribution is -2.27. The van der Waals surface area contributed by atoms with Crippen LogP contribution in [0.3, 0.4) is 0 Å². The third-order valence-electron chi connectivity index (χ3n) is 3.58. The summed E-state index contributed by atoms with van der Waals surface area (Å²) in [6.07, 6.45) is 4.48. The maximum atomic E-state index is 4.74. The third kappa shape index (κ3) is 2.07. The molecule has 0 saturated carbocycles. The van der Waals surface area contributed by atoms with Crippen LogP contribution in [-0.4, -0.2) is 23.1 Å². The van der Waals surface area contributed by atoms with Crippen molar-refractivity contribution in [2.24, 2.45) is 0 Å². The fourth-order valence-corrected chi connectivity index (χ4v) is 2.51. The SMILES string of the molecule is C[CH]c1ccc2[nH]c(C3CCNCC3)nc2c1. The smallest absolute Gasteiger partial charge is 0.110 e. The van der Waals surface area contributed by atoms with Crippen LogP contribution in [0.25, 0.3) is 11.0 Å². The van der Waals surface area contributed by atoms with Crippen LogP contribution in [0.5, 0.6) is 0 Å². The van der Waals surface area contributed by atoms with E-state index in [1.165, 1.54) is 18.4 Å². The van der Waals surface area contributed by atoms with E-state index in [0.29, 0.717) is 5.92 Å².